The quantitative estimate of drug-likeness (QED) is 0.460. The predicted octanol–water partition coefficient (Wildman–Crippen LogP) is 2.03. The van der Waals surface area contributed by atoms with Crippen molar-refractivity contribution in [1.82, 2.24) is 4.98 Å². The molecule has 0 aliphatic heterocycles. The zero-order chi connectivity index (χ0) is 6.69. The Hall–Kier alpha value is -0.630. The molecular weight excluding hydrogens is 130 g/mol. The fourth-order valence-electron chi connectivity index (χ4n) is 0.704. The first-order chi connectivity index (χ1) is 4.34. The minimum absolute atomic E-state index is 0.867. The standard InChI is InChI=1S/C7H9NS/c1-2-3-6-7(9)4-5-8-6/h2,4-5,8-9H,1,3H2. The van der Waals surface area contributed by atoms with Crippen LogP contribution in [0.3, 0.4) is 0 Å². The maximum Gasteiger partial charge on any atom is 0.0320 e. The topological polar surface area (TPSA) is 15.8 Å². The largest absolute Gasteiger partial charge is 0.364 e. The summed E-state index contributed by atoms with van der Waals surface area (Å²) in [5.74, 6) is 0. The Morgan fingerprint density at radius 2 is 2.56 bits per heavy atom. The molecule has 1 rings (SSSR count). The summed E-state index contributed by atoms with van der Waals surface area (Å²) in [6, 6.07) is 1.93. The lowest BCUT2D eigenvalue weighted by Gasteiger charge is -1.89. The normalized spacial score (nSPS) is 9.44. The van der Waals surface area contributed by atoms with Crippen LogP contribution in [0.2, 0.25) is 0 Å². The van der Waals surface area contributed by atoms with Gasteiger partial charge in [-0.3, -0.25) is 0 Å². The van der Waals surface area contributed by atoms with Crippen molar-refractivity contribution in [3.05, 3.63) is 30.6 Å². The number of H-pyrrole nitrogens is 1. The van der Waals surface area contributed by atoms with Gasteiger partial charge in [-0.05, 0) is 6.07 Å². The molecule has 0 atom stereocenters. The van der Waals surface area contributed by atoms with Crippen LogP contribution in [0.5, 0.6) is 0 Å². The lowest BCUT2D eigenvalue weighted by Crippen LogP contribution is -1.79. The number of hydrogen-bond acceptors (Lipinski definition) is 1. The van der Waals surface area contributed by atoms with E-state index >= 15 is 0 Å². The number of rotatable bonds is 2. The van der Waals surface area contributed by atoms with Crippen molar-refractivity contribution in [2.75, 3.05) is 0 Å². The van der Waals surface area contributed by atoms with Gasteiger partial charge in [0.05, 0.1) is 0 Å². The minimum atomic E-state index is 0.867. The molecule has 0 unspecified atom stereocenters. The molecule has 9 heavy (non-hydrogen) atoms. The number of aromatic amines is 1. The van der Waals surface area contributed by atoms with Gasteiger partial charge in [-0.2, -0.15) is 0 Å². The zero-order valence-electron chi connectivity index (χ0n) is 5.09. The lowest BCUT2D eigenvalue weighted by atomic mass is 10.3. The third-order valence-electron chi connectivity index (χ3n) is 1.16. The van der Waals surface area contributed by atoms with Crippen LogP contribution < -0.4 is 0 Å². The molecule has 48 valence electrons. The molecule has 1 heterocycles. The van der Waals surface area contributed by atoms with Gasteiger partial charge in [0, 0.05) is 23.2 Å². The first kappa shape index (κ1) is 6.49. The number of aromatic nitrogens is 1. The molecule has 0 fully saturated rings. The fraction of sp³-hybridized carbons (Fsp3) is 0.143. The van der Waals surface area contributed by atoms with E-state index < -0.39 is 0 Å². The van der Waals surface area contributed by atoms with Gasteiger partial charge in [-0.25, -0.2) is 0 Å². The number of hydrogen-bond donors (Lipinski definition) is 2. The van der Waals surface area contributed by atoms with Crippen LogP contribution in [0.1, 0.15) is 5.69 Å². The molecule has 0 amide bonds. The maximum absolute atomic E-state index is 4.20. The van der Waals surface area contributed by atoms with Gasteiger partial charge in [-0.1, -0.05) is 6.08 Å². The predicted molar refractivity (Wildman–Crippen MR) is 41.9 cm³/mol. The Morgan fingerprint density at radius 3 is 3.00 bits per heavy atom. The summed E-state index contributed by atoms with van der Waals surface area (Å²) in [5.41, 5.74) is 1.13. The van der Waals surface area contributed by atoms with E-state index in [1.165, 1.54) is 0 Å². The molecule has 0 radical (unpaired) electrons. The van der Waals surface area contributed by atoms with Crippen molar-refractivity contribution in [2.24, 2.45) is 0 Å². The molecule has 0 bridgehead atoms. The summed E-state index contributed by atoms with van der Waals surface area (Å²) in [6.07, 6.45) is 4.60. The van der Waals surface area contributed by atoms with Crippen LogP contribution in [0.25, 0.3) is 0 Å². The number of nitrogens with one attached hydrogen (secondary N) is 1. The van der Waals surface area contributed by atoms with Gasteiger partial charge >= 0.3 is 0 Å². The average Bonchev–Trinajstić information content (AvgIpc) is 2.18. The second kappa shape index (κ2) is 2.78. The molecule has 0 aliphatic carbocycles. The molecule has 0 saturated heterocycles. The van der Waals surface area contributed by atoms with Crippen LogP contribution in [0.15, 0.2) is 29.8 Å². The monoisotopic (exact) mass is 139 g/mol. The lowest BCUT2D eigenvalue weighted by molar-refractivity contribution is 1.11. The van der Waals surface area contributed by atoms with Gasteiger partial charge in [0.2, 0.25) is 0 Å². The Morgan fingerprint density at radius 1 is 1.78 bits per heavy atom. The Kier molecular flexibility index (Phi) is 2.01. The molecule has 1 aromatic rings. The number of allylic oxidation sites excluding steroid dienone is 1. The highest BCUT2D eigenvalue weighted by atomic mass is 32.1. The Labute approximate surface area is 60.2 Å². The molecular formula is C7H9NS. The van der Waals surface area contributed by atoms with Gasteiger partial charge < -0.3 is 4.98 Å². The molecule has 2 heteroatoms. The number of thiol groups is 1. The summed E-state index contributed by atoms with van der Waals surface area (Å²) in [5, 5.41) is 0. The van der Waals surface area contributed by atoms with Crippen LogP contribution in [0.4, 0.5) is 0 Å². The van der Waals surface area contributed by atoms with Crippen molar-refractivity contribution < 1.29 is 0 Å². The fourth-order valence-corrected chi connectivity index (χ4v) is 0.934. The highest BCUT2D eigenvalue weighted by Gasteiger charge is 1.93. The zero-order valence-corrected chi connectivity index (χ0v) is 5.99. The van der Waals surface area contributed by atoms with Crippen molar-refractivity contribution in [3.8, 4) is 0 Å². The summed E-state index contributed by atoms with van der Waals surface area (Å²) in [6.45, 7) is 3.62. The van der Waals surface area contributed by atoms with E-state index in [1.807, 2.05) is 18.3 Å². The summed E-state index contributed by atoms with van der Waals surface area (Å²) in [4.78, 5) is 4.07. The summed E-state index contributed by atoms with van der Waals surface area (Å²) < 4.78 is 0. The average molecular weight is 139 g/mol. The first-order valence-electron chi connectivity index (χ1n) is 2.80. The van der Waals surface area contributed by atoms with Crippen molar-refractivity contribution >= 4 is 12.6 Å². The van der Waals surface area contributed by atoms with E-state index in [4.69, 9.17) is 0 Å². The van der Waals surface area contributed by atoms with Gasteiger partial charge in [0.15, 0.2) is 0 Å². The summed E-state index contributed by atoms with van der Waals surface area (Å²) >= 11 is 4.20. The SMILES string of the molecule is C=CCc1[nH]ccc1S. The molecule has 0 aromatic carbocycles. The Balaban J connectivity index is 2.80. The maximum atomic E-state index is 4.20. The van der Waals surface area contributed by atoms with Crippen LogP contribution in [0, 0.1) is 0 Å². The molecule has 0 saturated carbocycles. The van der Waals surface area contributed by atoms with Crippen LogP contribution in [-0.4, -0.2) is 4.98 Å². The van der Waals surface area contributed by atoms with E-state index in [2.05, 4.69) is 24.2 Å². The molecule has 1 nitrogen and oxygen atoms in total. The van der Waals surface area contributed by atoms with Crippen molar-refractivity contribution in [2.45, 2.75) is 11.3 Å². The second-order valence-corrected chi connectivity index (χ2v) is 2.32. The molecule has 1 N–H and O–H groups in total. The molecule has 1 aromatic heterocycles. The van der Waals surface area contributed by atoms with E-state index in [0.29, 0.717) is 0 Å². The third-order valence-corrected chi connectivity index (χ3v) is 1.58. The highest BCUT2D eigenvalue weighted by molar-refractivity contribution is 7.80. The van der Waals surface area contributed by atoms with Crippen LogP contribution >= 0.6 is 12.6 Å². The smallest absolute Gasteiger partial charge is 0.0320 e. The minimum Gasteiger partial charge on any atom is -0.364 e. The Bertz CT molecular complexity index is 202. The van der Waals surface area contributed by atoms with Crippen LogP contribution in [-0.2, 0) is 6.42 Å². The first-order valence-corrected chi connectivity index (χ1v) is 3.25. The highest BCUT2D eigenvalue weighted by Crippen LogP contribution is 2.11. The molecule has 0 aliphatic rings. The van der Waals surface area contributed by atoms with E-state index in [9.17, 15) is 0 Å². The van der Waals surface area contributed by atoms with Gasteiger partial charge in [0.25, 0.3) is 0 Å². The second-order valence-electron chi connectivity index (χ2n) is 1.83. The summed E-state index contributed by atoms with van der Waals surface area (Å²) in [7, 11) is 0. The van der Waals surface area contributed by atoms with E-state index in [0.717, 1.165) is 17.0 Å². The third kappa shape index (κ3) is 1.39. The van der Waals surface area contributed by atoms with Crippen molar-refractivity contribution in [3.63, 3.8) is 0 Å². The molecule has 0 spiro atoms. The van der Waals surface area contributed by atoms with Crippen molar-refractivity contribution in [1.29, 1.82) is 0 Å². The van der Waals surface area contributed by atoms with E-state index in [-0.39, 0.29) is 0 Å². The van der Waals surface area contributed by atoms with Gasteiger partial charge in [0.1, 0.15) is 0 Å². The van der Waals surface area contributed by atoms with E-state index in [1.54, 1.807) is 0 Å². The van der Waals surface area contributed by atoms with Gasteiger partial charge in [-0.15, -0.1) is 19.2 Å².